The molecule has 0 fully saturated rings. The first kappa shape index (κ1) is 19.3. The molecule has 5 rings (SSSR count). The minimum atomic E-state index is -0.249. The van der Waals surface area contributed by atoms with Gasteiger partial charge in [0.15, 0.2) is 5.78 Å². The summed E-state index contributed by atoms with van der Waals surface area (Å²) in [6, 6.07) is 19.4. The second-order valence-corrected chi connectivity index (χ2v) is 8.55. The molecule has 0 radical (unpaired) electrons. The van der Waals surface area contributed by atoms with Crippen molar-refractivity contribution in [2.45, 2.75) is 31.6 Å². The smallest absolute Gasteiger partial charge is 0.232 e. The highest BCUT2D eigenvalue weighted by atomic mass is 35.5. The van der Waals surface area contributed by atoms with E-state index >= 15 is 0 Å². The van der Waals surface area contributed by atoms with Gasteiger partial charge in [0.05, 0.1) is 15.7 Å². The van der Waals surface area contributed by atoms with Crippen LogP contribution in [-0.2, 0) is 9.59 Å². The molecule has 0 bridgehead atoms. The predicted molar refractivity (Wildman–Crippen MR) is 121 cm³/mol. The zero-order chi connectivity index (χ0) is 20.8. The number of anilines is 1. The van der Waals surface area contributed by atoms with E-state index in [0.717, 1.165) is 34.0 Å². The maximum atomic E-state index is 13.4. The molecule has 0 saturated heterocycles. The van der Waals surface area contributed by atoms with Crippen LogP contribution in [0.25, 0.3) is 10.8 Å². The molecule has 1 unspecified atom stereocenters. The molecule has 0 saturated carbocycles. The van der Waals surface area contributed by atoms with Crippen molar-refractivity contribution in [3.05, 3.63) is 87.5 Å². The number of hydrogen-bond acceptors (Lipinski definition) is 2. The third-order valence-electron chi connectivity index (χ3n) is 6.05. The van der Waals surface area contributed by atoms with E-state index in [-0.39, 0.29) is 24.0 Å². The van der Waals surface area contributed by atoms with E-state index in [0.29, 0.717) is 28.6 Å². The second-order valence-electron chi connectivity index (χ2n) is 7.76. The van der Waals surface area contributed by atoms with Gasteiger partial charge in [-0.1, -0.05) is 71.7 Å². The van der Waals surface area contributed by atoms with Gasteiger partial charge in [0.25, 0.3) is 0 Å². The van der Waals surface area contributed by atoms with Gasteiger partial charge in [-0.25, -0.2) is 0 Å². The van der Waals surface area contributed by atoms with Crippen molar-refractivity contribution in [2.75, 3.05) is 4.90 Å². The molecule has 1 amide bonds. The van der Waals surface area contributed by atoms with Crippen LogP contribution in [0, 0.1) is 0 Å². The average molecular weight is 436 g/mol. The highest BCUT2D eigenvalue weighted by Gasteiger charge is 2.40. The van der Waals surface area contributed by atoms with Gasteiger partial charge in [0, 0.05) is 30.0 Å². The van der Waals surface area contributed by atoms with Gasteiger partial charge in [-0.15, -0.1) is 0 Å². The summed E-state index contributed by atoms with van der Waals surface area (Å²) in [6.45, 7) is 0. The number of amides is 1. The summed E-state index contributed by atoms with van der Waals surface area (Å²) in [6.07, 6.45) is 2.12. The van der Waals surface area contributed by atoms with Crippen LogP contribution >= 0.6 is 23.2 Å². The Morgan fingerprint density at radius 2 is 1.63 bits per heavy atom. The Balaban J connectivity index is 1.73. The number of rotatable bonds is 2. The van der Waals surface area contributed by atoms with E-state index < -0.39 is 0 Å². The molecule has 5 heteroatoms. The Hall–Kier alpha value is -2.62. The van der Waals surface area contributed by atoms with Crippen LogP contribution in [0.3, 0.4) is 0 Å². The minimum absolute atomic E-state index is 0.0643. The molecule has 3 aromatic carbocycles. The van der Waals surface area contributed by atoms with Crippen molar-refractivity contribution in [3.8, 4) is 0 Å². The van der Waals surface area contributed by atoms with Crippen molar-refractivity contribution in [1.82, 2.24) is 0 Å². The van der Waals surface area contributed by atoms with Crippen LogP contribution in [0.1, 0.15) is 37.2 Å². The molecule has 0 aromatic heterocycles. The lowest BCUT2D eigenvalue weighted by Gasteiger charge is -2.39. The third kappa shape index (κ3) is 3.05. The standard InChI is InChI=1S/C25H19Cl2NO2/c26-19-10-4-12-21(25(19)27)28-20-11-5-13-22(29)24(20)18(14-23(28)30)17-9-3-7-15-6-1-2-8-16(15)17/h1-4,6-10,12,18H,5,11,13-14H2. The van der Waals surface area contributed by atoms with E-state index in [4.69, 9.17) is 23.2 Å². The quantitative estimate of drug-likeness (QED) is 0.450. The van der Waals surface area contributed by atoms with E-state index in [1.807, 2.05) is 24.3 Å². The number of hydrogen-bond donors (Lipinski definition) is 0. The zero-order valence-corrected chi connectivity index (χ0v) is 17.7. The third-order valence-corrected chi connectivity index (χ3v) is 6.86. The Bertz CT molecular complexity index is 1230. The lowest BCUT2D eigenvalue weighted by atomic mass is 9.76. The van der Waals surface area contributed by atoms with Crippen LogP contribution in [0.15, 0.2) is 71.9 Å². The Morgan fingerprint density at radius 1 is 0.867 bits per heavy atom. The molecule has 1 aliphatic carbocycles. The Morgan fingerprint density at radius 3 is 2.50 bits per heavy atom. The monoisotopic (exact) mass is 435 g/mol. The summed E-state index contributed by atoms with van der Waals surface area (Å²) < 4.78 is 0. The first-order chi connectivity index (χ1) is 14.6. The molecule has 0 N–H and O–H groups in total. The Labute approximate surface area is 184 Å². The van der Waals surface area contributed by atoms with Crippen molar-refractivity contribution < 1.29 is 9.59 Å². The molecule has 30 heavy (non-hydrogen) atoms. The number of Topliss-reactive ketones (excluding diaryl/α,β-unsaturated/α-hetero) is 1. The van der Waals surface area contributed by atoms with Crippen LogP contribution in [0.4, 0.5) is 5.69 Å². The second kappa shape index (κ2) is 7.57. The van der Waals surface area contributed by atoms with E-state index in [2.05, 4.69) is 18.2 Å². The zero-order valence-electron chi connectivity index (χ0n) is 16.2. The van der Waals surface area contributed by atoms with E-state index in [1.54, 1.807) is 23.1 Å². The number of benzene rings is 3. The molecule has 1 atom stereocenters. The molecule has 0 spiro atoms. The number of ketones is 1. The summed E-state index contributed by atoms with van der Waals surface area (Å²) >= 11 is 12.7. The SMILES string of the molecule is O=C1CCCC2=C1C(c1cccc3ccccc13)CC(=O)N2c1cccc(Cl)c1Cl. The number of carbonyl (C=O) groups excluding carboxylic acids is 2. The van der Waals surface area contributed by atoms with Crippen LogP contribution in [0.2, 0.25) is 10.0 Å². The summed E-state index contributed by atoms with van der Waals surface area (Å²) in [5.41, 5.74) is 3.09. The molecule has 2 aliphatic rings. The number of fused-ring (bicyclic) bond motifs is 1. The molecular formula is C25H19Cl2NO2. The average Bonchev–Trinajstić information content (AvgIpc) is 2.75. The molecule has 3 nitrogen and oxygen atoms in total. The number of nitrogens with zero attached hydrogens (tertiary/aromatic N) is 1. The maximum absolute atomic E-state index is 13.4. The summed E-state index contributed by atoms with van der Waals surface area (Å²) in [7, 11) is 0. The molecular weight excluding hydrogens is 417 g/mol. The molecule has 3 aromatic rings. The van der Waals surface area contributed by atoms with Crippen LogP contribution in [-0.4, -0.2) is 11.7 Å². The van der Waals surface area contributed by atoms with Crippen LogP contribution in [0.5, 0.6) is 0 Å². The fourth-order valence-electron chi connectivity index (χ4n) is 4.76. The van der Waals surface area contributed by atoms with Crippen molar-refractivity contribution >= 4 is 51.4 Å². The number of carbonyl (C=O) groups is 2. The highest BCUT2D eigenvalue weighted by Crippen LogP contribution is 2.46. The number of allylic oxidation sites excluding steroid dienone is 2. The van der Waals surface area contributed by atoms with Gasteiger partial charge in [-0.3, -0.25) is 14.5 Å². The van der Waals surface area contributed by atoms with Crippen LogP contribution < -0.4 is 4.90 Å². The van der Waals surface area contributed by atoms with Gasteiger partial charge in [-0.05, 0) is 41.3 Å². The summed E-state index contributed by atoms with van der Waals surface area (Å²) in [5, 5.41) is 2.91. The molecule has 1 heterocycles. The molecule has 1 aliphatic heterocycles. The molecule has 150 valence electrons. The Kier molecular flexibility index (Phi) is 4.88. The van der Waals surface area contributed by atoms with Gasteiger partial charge in [0.2, 0.25) is 5.91 Å². The van der Waals surface area contributed by atoms with Gasteiger partial charge >= 0.3 is 0 Å². The van der Waals surface area contributed by atoms with Gasteiger partial charge in [-0.2, -0.15) is 0 Å². The first-order valence-electron chi connectivity index (χ1n) is 10.1. The van der Waals surface area contributed by atoms with Crippen molar-refractivity contribution in [3.63, 3.8) is 0 Å². The normalized spacial score (nSPS) is 19.4. The lowest BCUT2D eigenvalue weighted by Crippen LogP contribution is -2.40. The summed E-state index contributed by atoms with van der Waals surface area (Å²) in [4.78, 5) is 28.2. The predicted octanol–water partition coefficient (Wildman–Crippen LogP) is 6.67. The van der Waals surface area contributed by atoms with Gasteiger partial charge in [0.1, 0.15) is 0 Å². The van der Waals surface area contributed by atoms with Crippen molar-refractivity contribution in [2.24, 2.45) is 0 Å². The largest absolute Gasteiger partial charge is 0.294 e. The lowest BCUT2D eigenvalue weighted by molar-refractivity contribution is -0.119. The van der Waals surface area contributed by atoms with E-state index in [9.17, 15) is 9.59 Å². The topological polar surface area (TPSA) is 37.4 Å². The van der Waals surface area contributed by atoms with Crippen molar-refractivity contribution in [1.29, 1.82) is 0 Å². The van der Waals surface area contributed by atoms with E-state index in [1.165, 1.54) is 0 Å². The maximum Gasteiger partial charge on any atom is 0.232 e. The first-order valence-corrected chi connectivity index (χ1v) is 10.8. The highest BCUT2D eigenvalue weighted by molar-refractivity contribution is 6.44. The summed E-state index contributed by atoms with van der Waals surface area (Å²) in [5.74, 6) is -0.198. The fraction of sp³-hybridized carbons (Fsp3) is 0.200. The number of halogens is 2. The minimum Gasteiger partial charge on any atom is -0.294 e. The fourth-order valence-corrected chi connectivity index (χ4v) is 5.14. The van der Waals surface area contributed by atoms with Gasteiger partial charge < -0.3 is 0 Å².